The maximum Gasteiger partial charge on any atom is 0.146 e. The van der Waals surface area contributed by atoms with Crippen LogP contribution in [0.1, 0.15) is 24.0 Å². The van der Waals surface area contributed by atoms with Crippen LogP contribution in [0.2, 0.25) is 0 Å². The molecule has 0 saturated carbocycles. The Bertz CT molecular complexity index is 483. The molecule has 0 heterocycles. The van der Waals surface area contributed by atoms with Crippen LogP contribution < -0.4 is 0 Å². The third-order valence-electron chi connectivity index (χ3n) is 4.18. The summed E-state index contributed by atoms with van der Waals surface area (Å²) in [6.45, 7) is 8.20. The fraction of sp³-hybridized carbons (Fsp3) is 0.727. The van der Waals surface area contributed by atoms with Gasteiger partial charge in [-0.2, -0.15) is 0 Å². The van der Waals surface area contributed by atoms with Crippen molar-refractivity contribution < 1.29 is 38.3 Å². The summed E-state index contributed by atoms with van der Waals surface area (Å²) in [6, 6.07) is 8.12. The number of methoxy groups -OCH3 is 1. The van der Waals surface area contributed by atoms with E-state index in [0.717, 1.165) is 11.1 Å². The van der Waals surface area contributed by atoms with E-state index in [9.17, 15) is 0 Å². The predicted octanol–water partition coefficient (Wildman–Crippen LogP) is 1.99. The number of ether oxygens (including phenoxy) is 7. The third-order valence-corrected chi connectivity index (χ3v) is 4.18. The van der Waals surface area contributed by atoms with Crippen molar-refractivity contribution in [3.05, 3.63) is 35.4 Å². The number of hydrogen-bond donors (Lipinski definition) is 1. The van der Waals surface area contributed by atoms with Crippen molar-refractivity contribution >= 4 is 0 Å². The number of rotatable bonds is 21. The number of benzene rings is 1. The Labute approximate surface area is 180 Å². The lowest BCUT2D eigenvalue weighted by Crippen LogP contribution is -2.14. The highest BCUT2D eigenvalue weighted by atomic mass is 16.7. The fourth-order valence-electron chi connectivity index (χ4n) is 2.33. The van der Waals surface area contributed by atoms with Crippen molar-refractivity contribution in [2.75, 3.05) is 86.6 Å². The number of hydrogen-bond acceptors (Lipinski definition) is 8. The van der Waals surface area contributed by atoms with Crippen LogP contribution in [-0.4, -0.2) is 91.7 Å². The molecule has 1 aromatic rings. The fourth-order valence-corrected chi connectivity index (χ4v) is 2.33. The quantitative estimate of drug-likeness (QED) is 0.234. The summed E-state index contributed by atoms with van der Waals surface area (Å²) >= 11 is 0. The molecule has 0 aliphatic rings. The Balaban J connectivity index is 1.79. The first-order valence-corrected chi connectivity index (χ1v) is 10.4. The van der Waals surface area contributed by atoms with Gasteiger partial charge in [0, 0.05) is 19.6 Å². The molecule has 1 unspecified atom stereocenters. The highest BCUT2D eigenvalue weighted by Crippen LogP contribution is 2.15. The summed E-state index contributed by atoms with van der Waals surface area (Å²) < 4.78 is 37.1. The van der Waals surface area contributed by atoms with Crippen LogP contribution in [0.3, 0.4) is 0 Å². The van der Waals surface area contributed by atoms with Crippen LogP contribution in [-0.2, 0) is 39.8 Å². The minimum atomic E-state index is 0.157. The Morgan fingerprint density at radius 1 is 0.667 bits per heavy atom. The van der Waals surface area contributed by atoms with E-state index >= 15 is 0 Å². The Kier molecular flexibility index (Phi) is 17.8. The molecule has 0 aliphatic carbocycles. The molecule has 0 amide bonds. The van der Waals surface area contributed by atoms with Gasteiger partial charge in [-0.3, -0.25) is 0 Å². The third kappa shape index (κ3) is 14.8. The minimum absolute atomic E-state index is 0.157. The average molecular weight is 431 g/mol. The van der Waals surface area contributed by atoms with Crippen molar-refractivity contribution in [1.29, 1.82) is 0 Å². The van der Waals surface area contributed by atoms with Crippen LogP contribution in [0, 0.1) is 0 Å². The molecule has 1 rings (SSSR count). The van der Waals surface area contributed by atoms with Crippen molar-refractivity contribution in [2.45, 2.75) is 19.4 Å². The van der Waals surface area contributed by atoms with E-state index < -0.39 is 0 Å². The first kappa shape index (κ1) is 26.9. The zero-order valence-electron chi connectivity index (χ0n) is 18.4. The summed E-state index contributed by atoms with van der Waals surface area (Å²) in [4.78, 5) is 0. The average Bonchev–Trinajstić information content (AvgIpc) is 2.78. The van der Waals surface area contributed by atoms with Crippen molar-refractivity contribution in [2.24, 2.45) is 0 Å². The summed E-state index contributed by atoms with van der Waals surface area (Å²) in [5, 5.41) is 9.16. The lowest BCUT2D eigenvalue weighted by Gasteiger charge is -2.10. The zero-order valence-corrected chi connectivity index (χ0v) is 18.4. The Hall–Kier alpha value is -1.10. The lowest BCUT2D eigenvalue weighted by molar-refractivity contribution is -0.0815. The predicted molar refractivity (Wildman–Crippen MR) is 113 cm³/mol. The Morgan fingerprint density at radius 3 is 1.63 bits per heavy atom. The van der Waals surface area contributed by atoms with Crippen LogP contribution in [0.25, 0.3) is 0 Å². The smallest absolute Gasteiger partial charge is 0.146 e. The second-order valence-electron chi connectivity index (χ2n) is 6.64. The molecule has 174 valence electrons. The molecule has 0 saturated heterocycles. The van der Waals surface area contributed by atoms with Crippen molar-refractivity contribution in [1.82, 2.24) is 0 Å². The van der Waals surface area contributed by atoms with Gasteiger partial charge in [0.1, 0.15) is 6.79 Å². The number of aliphatic hydroxyl groups is 1. The molecular weight excluding hydrogens is 392 g/mol. The normalized spacial score (nSPS) is 12.4. The molecule has 1 atom stereocenters. The van der Waals surface area contributed by atoms with E-state index in [-0.39, 0.29) is 19.3 Å². The first-order valence-electron chi connectivity index (χ1n) is 10.4. The second-order valence-corrected chi connectivity index (χ2v) is 6.64. The van der Waals surface area contributed by atoms with Gasteiger partial charge in [0.15, 0.2) is 0 Å². The summed E-state index contributed by atoms with van der Waals surface area (Å²) in [5.41, 5.74) is 2.24. The van der Waals surface area contributed by atoms with Gasteiger partial charge in [0.25, 0.3) is 0 Å². The van der Waals surface area contributed by atoms with E-state index in [1.165, 1.54) is 0 Å². The molecule has 8 heteroatoms. The largest absolute Gasteiger partial charge is 0.396 e. The van der Waals surface area contributed by atoms with Gasteiger partial charge in [-0.15, -0.1) is 0 Å². The molecule has 8 nitrogen and oxygen atoms in total. The highest BCUT2D eigenvalue weighted by Gasteiger charge is 2.03. The molecule has 30 heavy (non-hydrogen) atoms. The molecule has 0 aromatic heterocycles. The molecule has 0 radical (unpaired) electrons. The van der Waals surface area contributed by atoms with Gasteiger partial charge in [0.2, 0.25) is 0 Å². The van der Waals surface area contributed by atoms with Crippen LogP contribution in [0.5, 0.6) is 0 Å². The molecule has 0 fully saturated rings. The molecular formula is C22H38O8. The number of aliphatic hydroxyl groups excluding tert-OH is 1. The summed E-state index contributed by atoms with van der Waals surface area (Å²) in [5.74, 6) is 0.160. The van der Waals surface area contributed by atoms with Crippen molar-refractivity contribution in [3.63, 3.8) is 0 Å². The first-order chi connectivity index (χ1) is 14.8. The summed E-state index contributed by atoms with van der Waals surface area (Å²) in [7, 11) is 1.63. The molecule has 0 bridgehead atoms. The second kappa shape index (κ2) is 19.8. The van der Waals surface area contributed by atoms with Crippen LogP contribution in [0.15, 0.2) is 24.3 Å². The van der Waals surface area contributed by atoms with E-state index in [1.807, 2.05) is 31.2 Å². The van der Waals surface area contributed by atoms with Gasteiger partial charge in [-0.05, 0) is 11.1 Å². The Morgan fingerprint density at radius 2 is 1.13 bits per heavy atom. The van der Waals surface area contributed by atoms with E-state index in [4.69, 9.17) is 38.3 Å². The molecule has 0 aliphatic heterocycles. The van der Waals surface area contributed by atoms with Gasteiger partial charge in [0.05, 0.1) is 72.7 Å². The van der Waals surface area contributed by atoms with Gasteiger partial charge < -0.3 is 38.3 Å². The zero-order chi connectivity index (χ0) is 21.7. The minimum Gasteiger partial charge on any atom is -0.396 e. The maximum absolute atomic E-state index is 9.16. The van der Waals surface area contributed by atoms with Gasteiger partial charge >= 0.3 is 0 Å². The molecule has 0 spiro atoms. The van der Waals surface area contributed by atoms with Gasteiger partial charge in [-0.25, -0.2) is 0 Å². The standard InChI is InChI=1S/C22H38O8/c1-20(17-23)22-5-3-21(4-6-22)18-28-15-13-26-11-9-25-10-12-27-14-16-30-19-29-8-7-24-2/h3-6,20,23H,7-19H2,1-2H3. The monoisotopic (exact) mass is 430 g/mol. The molecule has 1 N–H and O–H groups in total. The van der Waals surface area contributed by atoms with Crippen LogP contribution in [0.4, 0.5) is 0 Å². The SMILES string of the molecule is COCCOCOCCOCCOCCOCCOCc1ccc(C(C)CO)cc1. The maximum atomic E-state index is 9.16. The van der Waals surface area contributed by atoms with E-state index in [2.05, 4.69) is 0 Å². The van der Waals surface area contributed by atoms with E-state index in [0.29, 0.717) is 72.7 Å². The van der Waals surface area contributed by atoms with Gasteiger partial charge in [-0.1, -0.05) is 31.2 Å². The molecule has 1 aromatic carbocycles. The van der Waals surface area contributed by atoms with Crippen LogP contribution >= 0.6 is 0 Å². The summed E-state index contributed by atoms with van der Waals surface area (Å²) in [6.07, 6.45) is 0. The highest BCUT2D eigenvalue weighted by molar-refractivity contribution is 5.24. The van der Waals surface area contributed by atoms with E-state index in [1.54, 1.807) is 7.11 Å². The topological polar surface area (TPSA) is 84.8 Å². The van der Waals surface area contributed by atoms with Crippen molar-refractivity contribution in [3.8, 4) is 0 Å². The lowest BCUT2D eigenvalue weighted by atomic mass is 10.0.